The van der Waals surface area contributed by atoms with Crippen molar-refractivity contribution in [3.05, 3.63) is 93.2 Å². The highest BCUT2D eigenvalue weighted by atomic mass is 16.2. The fourth-order valence-electron chi connectivity index (χ4n) is 9.17. The number of piperazine rings is 1. The molecule has 0 saturated carbocycles. The van der Waals surface area contributed by atoms with Crippen LogP contribution in [0, 0.1) is 5.41 Å². The second kappa shape index (κ2) is 14.0. The maximum absolute atomic E-state index is 13.4. The number of carbonyl (C=O) groups excluding carboxylic acids is 5. The topological polar surface area (TPSA) is 172 Å². The van der Waals surface area contributed by atoms with E-state index in [0.717, 1.165) is 90.5 Å². The summed E-state index contributed by atoms with van der Waals surface area (Å²) in [6, 6.07) is 12.0. The van der Waals surface area contributed by atoms with Gasteiger partial charge in [-0.05, 0) is 65.9 Å². The Kier molecular flexibility index (Phi) is 9.00. The lowest BCUT2D eigenvalue weighted by atomic mass is 9.72. The number of anilines is 2. The van der Waals surface area contributed by atoms with Crippen molar-refractivity contribution in [3.63, 3.8) is 0 Å². The number of pyridine rings is 3. The number of likely N-dealkylation sites (tertiary alicyclic amines) is 1. The maximum atomic E-state index is 13.4. The van der Waals surface area contributed by atoms with Gasteiger partial charge in [0.2, 0.25) is 17.6 Å². The Hall–Kier alpha value is -5.80. The number of benzene rings is 1. The number of nitrogens with zero attached hydrogens (tertiary/aromatic N) is 7. The molecule has 1 spiro atoms. The van der Waals surface area contributed by atoms with Gasteiger partial charge in [0.05, 0.1) is 29.0 Å². The van der Waals surface area contributed by atoms with E-state index in [-0.39, 0.29) is 29.2 Å². The van der Waals surface area contributed by atoms with Crippen LogP contribution in [-0.4, -0.2) is 118 Å². The maximum Gasteiger partial charge on any atom is 0.272 e. The van der Waals surface area contributed by atoms with E-state index < -0.39 is 23.8 Å². The molecule has 0 bridgehead atoms. The summed E-state index contributed by atoms with van der Waals surface area (Å²) >= 11 is 0. The lowest BCUT2D eigenvalue weighted by molar-refractivity contribution is -0.141. The van der Waals surface area contributed by atoms with Crippen LogP contribution in [0.25, 0.3) is 11.0 Å². The molecule has 2 atom stereocenters. The molecule has 0 aliphatic carbocycles. The number of Topliss-reactive ketones (excluding diaryl/α,β-unsaturated/α-hetero) is 1. The minimum Gasteiger partial charge on any atom is -0.370 e. The van der Waals surface area contributed by atoms with E-state index >= 15 is 0 Å². The zero-order valence-electron chi connectivity index (χ0n) is 31.2. The number of aromatic amines is 1. The SMILES string of the molecule is CCc1cc2ncc(CN3CCN(c4ccc(C(=O)N5CC6(C5)CN(c5ccc7c(c5)C(C(=O)C=O)N(C5CCC(=O)NC5=O)C7)C6)nc4)CC3)cc2[nH]c1=O. The molecule has 3 aromatic heterocycles. The molecular formula is C41H43N9O6. The summed E-state index contributed by atoms with van der Waals surface area (Å²) in [6.07, 6.45) is 5.14. The van der Waals surface area contributed by atoms with E-state index in [1.807, 2.05) is 60.5 Å². The number of carbonyl (C=O) groups is 5. The van der Waals surface area contributed by atoms with E-state index in [9.17, 15) is 28.8 Å². The van der Waals surface area contributed by atoms with Crippen molar-refractivity contribution >= 4 is 52.2 Å². The Bertz CT molecular complexity index is 2320. The summed E-state index contributed by atoms with van der Waals surface area (Å²) in [6.45, 7) is 9.22. The van der Waals surface area contributed by atoms with Crippen LogP contribution in [0.2, 0.25) is 0 Å². The molecule has 0 radical (unpaired) electrons. The first-order valence-corrected chi connectivity index (χ1v) is 19.3. The van der Waals surface area contributed by atoms with Crippen LogP contribution in [-0.2, 0) is 38.7 Å². The zero-order chi connectivity index (χ0) is 38.7. The van der Waals surface area contributed by atoms with E-state index in [2.05, 4.69) is 35.0 Å². The summed E-state index contributed by atoms with van der Waals surface area (Å²) in [5.41, 5.74) is 7.23. The fraction of sp³-hybridized carbons (Fsp3) is 0.415. The smallest absolute Gasteiger partial charge is 0.272 e. The molecule has 288 valence electrons. The summed E-state index contributed by atoms with van der Waals surface area (Å²) in [5, 5.41) is 2.36. The van der Waals surface area contributed by atoms with Gasteiger partial charge in [-0.1, -0.05) is 13.0 Å². The van der Waals surface area contributed by atoms with Gasteiger partial charge in [0, 0.05) is 94.7 Å². The molecule has 2 N–H and O–H groups in total. The predicted molar refractivity (Wildman–Crippen MR) is 206 cm³/mol. The molecule has 56 heavy (non-hydrogen) atoms. The molecule has 5 aliphatic heterocycles. The van der Waals surface area contributed by atoms with Crippen LogP contribution in [0.5, 0.6) is 0 Å². The average molecular weight is 758 g/mol. The van der Waals surface area contributed by atoms with Gasteiger partial charge in [0.15, 0.2) is 6.29 Å². The molecule has 4 saturated heterocycles. The normalized spacial score (nSPS) is 22.1. The highest BCUT2D eigenvalue weighted by molar-refractivity contribution is 6.27. The predicted octanol–water partition coefficient (Wildman–Crippen LogP) is 1.60. The van der Waals surface area contributed by atoms with Crippen LogP contribution in [0.4, 0.5) is 11.4 Å². The molecular weight excluding hydrogens is 715 g/mol. The number of fused-ring (bicyclic) bond motifs is 2. The molecule has 8 heterocycles. The van der Waals surface area contributed by atoms with Gasteiger partial charge in [-0.15, -0.1) is 0 Å². The second-order valence-electron chi connectivity index (χ2n) is 15.9. The number of aldehydes is 1. The summed E-state index contributed by atoms with van der Waals surface area (Å²) < 4.78 is 0. The summed E-state index contributed by atoms with van der Waals surface area (Å²) in [5.74, 6) is -1.46. The second-order valence-corrected chi connectivity index (χ2v) is 15.9. The van der Waals surface area contributed by atoms with E-state index in [4.69, 9.17) is 0 Å². The fourth-order valence-corrected chi connectivity index (χ4v) is 9.17. The first kappa shape index (κ1) is 35.9. The van der Waals surface area contributed by atoms with Gasteiger partial charge in [-0.25, -0.2) is 4.98 Å². The number of piperidine rings is 1. The Balaban J connectivity index is 0.766. The molecule has 4 aromatic rings. The van der Waals surface area contributed by atoms with E-state index in [1.165, 1.54) is 0 Å². The molecule has 4 fully saturated rings. The van der Waals surface area contributed by atoms with Gasteiger partial charge in [0.1, 0.15) is 11.7 Å². The van der Waals surface area contributed by atoms with E-state index in [0.29, 0.717) is 44.5 Å². The van der Waals surface area contributed by atoms with Gasteiger partial charge in [-0.3, -0.25) is 48.9 Å². The third-order valence-corrected chi connectivity index (χ3v) is 12.2. The number of aromatic nitrogens is 3. The van der Waals surface area contributed by atoms with Crippen LogP contribution in [0.3, 0.4) is 0 Å². The highest BCUT2D eigenvalue weighted by Crippen LogP contribution is 2.45. The Morgan fingerprint density at radius 2 is 1.70 bits per heavy atom. The van der Waals surface area contributed by atoms with Gasteiger partial charge in [0.25, 0.3) is 11.5 Å². The number of aryl methyl sites for hydroxylation is 1. The number of nitrogens with one attached hydrogen (secondary N) is 2. The first-order chi connectivity index (χ1) is 27.1. The van der Waals surface area contributed by atoms with Crippen LogP contribution < -0.4 is 20.7 Å². The van der Waals surface area contributed by atoms with Crippen LogP contribution in [0.15, 0.2) is 59.7 Å². The molecule has 2 unspecified atom stereocenters. The van der Waals surface area contributed by atoms with Crippen molar-refractivity contribution in [2.75, 3.05) is 62.2 Å². The third kappa shape index (κ3) is 6.43. The minimum absolute atomic E-state index is 0.0101. The summed E-state index contributed by atoms with van der Waals surface area (Å²) in [4.78, 5) is 97.2. The van der Waals surface area contributed by atoms with Crippen molar-refractivity contribution < 1.29 is 24.0 Å². The highest BCUT2D eigenvalue weighted by Gasteiger charge is 2.54. The number of H-pyrrole nitrogens is 1. The Labute approximate surface area is 322 Å². The van der Waals surface area contributed by atoms with Crippen molar-refractivity contribution in [3.8, 4) is 0 Å². The number of rotatable bonds is 9. The molecule has 15 heteroatoms. The minimum atomic E-state index is -0.870. The van der Waals surface area contributed by atoms with Crippen molar-refractivity contribution in [1.29, 1.82) is 0 Å². The standard InChI is InChI=1S/C41H43N9O6/c1-2-26-14-32-33(44-38(26)54)13-25(16-42-32)18-46-9-11-47(12-10-46)29-5-6-31(43-17-29)40(56)49-23-41(24-49)21-48(22-41)28-4-3-27-19-50(34-7-8-36(53)45-39(34)55)37(30(27)15-28)35(52)20-51/h3-6,13-17,20,34,37H,2,7-12,18-19,21-24H2,1H3,(H,44,54)(H,45,53,55). The van der Waals surface area contributed by atoms with Gasteiger partial charge < -0.3 is 19.7 Å². The Morgan fingerprint density at radius 1 is 0.911 bits per heavy atom. The van der Waals surface area contributed by atoms with E-state index in [1.54, 1.807) is 11.1 Å². The average Bonchev–Trinajstić information content (AvgIpc) is 3.55. The van der Waals surface area contributed by atoms with Crippen molar-refractivity contribution in [1.82, 2.24) is 35.0 Å². The molecule has 3 amide bonds. The van der Waals surface area contributed by atoms with Crippen LogP contribution in [0.1, 0.15) is 58.5 Å². The Morgan fingerprint density at radius 3 is 2.41 bits per heavy atom. The lowest BCUT2D eigenvalue weighted by Gasteiger charge is -2.60. The molecule has 9 rings (SSSR count). The van der Waals surface area contributed by atoms with Crippen molar-refractivity contribution in [2.24, 2.45) is 5.41 Å². The molecule has 5 aliphatic rings. The quantitative estimate of drug-likeness (QED) is 0.144. The van der Waals surface area contributed by atoms with Gasteiger partial charge in [-0.2, -0.15) is 0 Å². The largest absolute Gasteiger partial charge is 0.370 e. The molecule has 1 aromatic carbocycles. The number of hydrogen-bond donors (Lipinski definition) is 2. The third-order valence-electron chi connectivity index (χ3n) is 12.2. The zero-order valence-corrected chi connectivity index (χ0v) is 31.2. The number of imide groups is 1. The van der Waals surface area contributed by atoms with Crippen LogP contribution >= 0.6 is 0 Å². The number of ketones is 1. The first-order valence-electron chi connectivity index (χ1n) is 19.3. The lowest BCUT2D eigenvalue weighted by Crippen LogP contribution is -2.73. The number of amides is 3. The molecule has 15 nitrogen and oxygen atoms in total. The monoisotopic (exact) mass is 757 g/mol. The van der Waals surface area contributed by atoms with Gasteiger partial charge >= 0.3 is 0 Å². The summed E-state index contributed by atoms with van der Waals surface area (Å²) in [7, 11) is 0. The van der Waals surface area contributed by atoms with Crippen molar-refractivity contribution in [2.45, 2.75) is 51.4 Å². The number of hydrogen-bond acceptors (Lipinski definition) is 12.